The summed E-state index contributed by atoms with van der Waals surface area (Å²) in [6, 6.07) is 1.59. The number of hydrogen-bond donors (Lipinski definition) is 2. The Morgan fingerprint density at radius 3 is 2.56 bits per heavy atom. The van der Waals surface area contributed by atoms with Crippen LogP contribution in [0.1, 0.15) is 37.0 Å². The third-order valence-corrected chi connectivity index (χ3v) is 2.34. The van der Waals surface area contributed by atoms with E-state index in [0.717, 1.165) is 0 Å². The van der Waals surface area contributed by atoms with Crippen LogP contribution in [0.3, 0.4) is 0 Å². The Bertz CT molecular complexity index is 420. The monoisotopic (exact) mass is 252 g/mol. The van der Waals surface area contributed by atoms with Gasteiger partial charge in [0, 0.05) is 18.8 Å². The largest absolute Gasteiger partial charge is 0.389 e. The zero-order valence-corrected chi connectivity index (χ0v) is 11.3. The molecule has 1 aromatic heterocycles. The van der Waals surface area contributed by atoms with Gasteiger partial charge in [-0.3, -0.25) is 4.79 Å². The summed E-state index contributed by atoms with van der Waals surface area (Å²) in [5, 5.41) is 9.77. The van der Waals surface area contributed by atoms with E-state index in [2.05, 4.69) is 9.97 Å². The molecule has 0 aliphatic rings. The highest BCUT2D eigenvalue weighted by molar-refractivity contribution is 5.92. The minimum Gasteiger partial charge on any atom is -0.389 e. The van der Waals surface area contributed by atoms with Crippen LogP contribution in [0.15, 0.2) is 6.07 Å². The van der Waals surface area contributed by atoms with Crippen molar-refractivity contribution in [1.29, 1.82) is 0 Å². The number of nitrogens with two attached hydrogens (primary N) is 1. The van der Waals surface area contributed by atoms with Crippen molar-refractivity contribution >= 4 is 11.9 Å². The van der Waals surface area contributed by atoms with Gasteiger partial charge in [-0.15, -0.1) is 0 Å². The molecule has 0 aromatic carbocycles. The van der Waals surface area contributed by atoms with Crippen LogP contribution in [0.5, 0.6) is 0 Å². The van der Waals surface area contributed by atoms with E-state index in [1.54, 1.807) is 26.8 Å². The lowest BCUT2D eigenvalue weighted by Crippen LogP contribution is -2.42. The van der Waals surface area contributed by atoms with Crippen molar-refractivity contribution in [3.8, 4) is 0 Å². The Morgan fingerprint density at radius 1 is 1.50 bits per heavy atom. The van der Waals surface area contributed by atoms with Crippen LogP contribution in [0.25, 0.3) is 0 Å². The van der Waals surface area contributed by atoms with Crippen molar-refractivity contribution in [2.24, 2.45) is 0 Å². The van der Waals surface area contributed by atoms with Crippen molar-refractivity contribution in [1.82, 2.24) is 14.9 Å². The van der Waals surface area contributed by atoms with Crippen LogP contribution in [-0.4, -0.2) is 44.6 Å². The number of nitrogens with zero attached hydrogens (tertiary/aromatic N) is 3. The zero-order chi connectivity index (χ0) is 13.9. The van der Waals surface area contributed by atoms with E-state index >= 15 is 0 Å². The minimum absolute atomic E-state index is 0.0812. The fourth-order valence-electron chi connectivity index (χ4n) is 1.66. The lowest BCUT2D eigenvalue weighted by molar-refractivity contribution is 0.0311. The molecule has 0 radical (unpaired) electrons. The third-order valence-electron chi connectivity index (χ3n) is 2.34. The Morgan fingerprint density at radius 2 is 2.11 bits per heavy atom. The zero-order valence-electron chi connectivity index (χ0n) is 11.3. The van der Waals surface area contributed by atoms with E-state index in [1.165, 1.54) is 4.90 Å². The Balaban J connectivity index is 2.96. The number of anilines is 1. The topological polar surface area (TPSA) is 92.3 Å². The lowest BCUT2D eigenvalue weighted by atomic mass is 10.1. The molecule has 3 N–H and O–H groups in total. The number of aliphatic hydroxyl groups is 1. The predicted molar refractivity (Wildman–Crippen MR) is 69.1 cm³/mol. The summed E-state index contributed by atoms with van der Waals surface area (Å²) in [5.41, 5.74) is 5.48. The van der Waals surface area contributed by atoms with Crippen molar-refractivity contribution in [2.75, 3.05) is 18.8 Å². The van der Waals surface area contributed by atoms with E-state index in [-0.39, 0.29) is 24.1 Å². The van der Waals surface area contributed by atoms with Gasteiger partial charge in [-0.05, 0) is 33.8 Å². The maximum absolute atomic E-state index is 12.2. The molecule has 0 saturated carbocycles. The van der Waals surface area contributed by atoms with E-state index in [9.17, 15) is 9.90 Å². The van der Waals surface area contributed by atoms with Gasteiger partial charge in [0.25, 0.3) is 5.91 Å². The van der Waals surface area contributed by atoms with Gasteiger partial charge < -0.3 is 15.7 Å². The average Bonchev–Trinajstić information content (AvgIpc) is 2.22. The van der Waals surface area contributed by atoms with Crippen molar-refractivity contribution < 1.29 is 9.90 Å². The second-order valence-corrected chi connectivity index (χ2v) is 4.88. The summed E-state index contributed by atoms with van der Waals surface area (Å²) >= 11 is 0. The van der Waals surface area contributed by atoms with Crippen LogP contribution >= 0.6 is 0 Å². The maximum Gasteiger partial charge on any atom is 0.272 e. The van der Waals surface area contributed by atoms with Gasteiger partial charge in [0.05, 0.1) is 5.60 Å². The molecule has 0 spiro atoms. The molecule has 0 aliphatic heterocycles. The van der Waals surface area contributed by atoms with Crippen molar-refractivity contribution in [3.63, 3.8) is 0 Å². The molecule has 0 saturated heterocycles. The number of likely N-dealkylation sites (N-methyl/N-ethyl adjacent to an activating group) is 1. The second kappa shape index (κ2) is 5.30. The van der Waals surface area contributed by atoms with Crippen LogP contribution < -0.4 is 5.73 Å². The fraction of sp³-hybridized carbons (Fsp3) is 0.583. The molecule has 1 amide bonds. The Hall–Kier alpha value is -1.69. The predicted octanol–water partition coefficient (Wildman–Crippen LogP) is 0.600. The van der Waals surface area contributed by atoms with E-state index < -0.39 is 5.60 Å². The van der Waals surface area contributed by atoms with Gasteiger partial charge in [0.1, 0.15) is 5.69 Å². The molecular formula is C12H20N4O2. The molecule has 6 heteroatoms. The average molecular weight is 252 g/mol. The van der Waals surface area contributed by atoms with Crippen molar-refractivity contribution in [3.05, 3.63) is 17.5 Å². The number of hydrogen-bond acceptors (Lipinski definition) is 5. The molecule has 0 bridgehead atoms. The van der Waals surface area contributed by atoms with Crippen LogP contribution in [0.4, 0.5) is 5.95 Å². The SMILES string of the molecule is CCN(CC(C)(C)O)C(=O)c1cc(C)nc(N)n1. The number of amides is 1. The van der Waals surface area contributed by atoms with Crippen LogP contribution in [-0.2, 0) is 0 Å². The molecular weight excluding hydrogens is 232 g/mol. The molecule has 0 atom stereocenters. The maximum atomic E-state index is 12.2. The Kier molecular flexibility index (Phi) is 4.24. The standard InChI is InChI=1S/C12H20N4O2/c1-5-16(7-12(3,4)18)10(17)9-6-8(2)14-11(13)15-9/h6,18H,5,7H2,1-4H3,(H2,13,14,15). The molecule has 1 heterocycles. The highest BCUT2D eigenvalue weighted by Crippen LogP contribution is 2.10. The number of aryl methyl sites for hydroxylation is 1. The first kappa shape index (κ1) is 14.4. The summed E-state index contributed by atoms with van der Waals surface area (Å²) in [6.45, 7) is 7.64. The molecule has 100 valence electrons. The highest BCUT2D eigenvalue weighted by Gasteiger charge is 2.23. The molecule has 1 aromatic rings. The molecule has 0 aliphatic carbocycles. The minimum atomic E-state index is -0.945. The summed E-state index contributed by atoms with van der Waals surface area (Å²) in [5.74, 6) is -0.172. The quantitative estimate of drug-likeness (QED) is 0.818. The smallest absolute Gasteiger partial charge is 0.272 e. The first-order valence-electron chi connectivity index (χ1n) is 5.85. The van der Waals surface area contributed by atoms with Gasteiger partial charge in [-0.2, -0.15) is 0 Å². The van der Waals surface area contributed by atoms with Gasteiger partial charge in [0.15, 0.2) is 0 Å². The number of rotatable bonds is 4. The molecule has 1 rings (SSSR count). The normalized spacial score (nSPS) is 11.4. The van der Waals surface area contributed by atoms with Crippen LogP contribution in [0, 0.1) is 6.92 Å². The highest BCUT2D eigenvalue weighted by atomic mass is 16.3. The summed E-state index contributed by atoms with van der Waals surface area (Å²) < 4.78 is 0. The first-order valence-corrected chi connectivity index (χ1v) is 5.85. The van der Waals surface area contributed by atoms with Gasteiger partial charge in [0.2, 0.25) is 5.95 Å². The van der Waals surface area contributed by atoms with E-state index in [0.29, 0.717) is 12.2 Å². The fourth-order valence-corrected chi connectivity index (χ4v) is 1.66. The number of nitrogen functional groups attached to an aromatic ring is 1. The van der Waals surface area contributed by atoms with Crippen LogP contribution in [0.2, 0.25) is 0 Å². The molecule has 6 nitrogen and oxygen atoms in total. The summed E-state index contributed by atoms with van der Waals surface area (Å²) in [4.78, 5) is 21.6. The lowest BCUT2D eigenvalue weighted by Gasteiger charge is -2.27. The Labute approximate surface area is 107 Å². The summed E-state index contributed by atoms with van der Waals surface area (Å²) in [6.07, 6.45) is 0. The number of aromatic nitrogens is 2. The van der Waals surface area contributed by atoms with Gasteiger partial charge >= 0.3 is 0 Å². The third kappa shape index (κ3) is 3.96. The number of carbonyl (C=O) groups excluding carboxylic acids is 1. The first-order chi connectivity index (χ1) is 8.23. The van der Waals surface area contributed by atoms with E-state index in [1.807, 2.05) is 6.92 Å². The van der Waals surface area contributed by atoms with Gasteiger partial charge in [-0.1, -0.05) is 0 Å². The second-order valence-electron chi connectivity index (χ2n) is 4.88. The van der Waals surface area contributed by atoms with E-state index in [4.69, 9.17) is 5.73 Å². The molecule has 18 heavy (non-hydrogen) atoms. The van der Waals surface area contributed by atoms with Crippen molar-refractivity contribution in [2.45, 2.75) is 33.3 Å². The molecule has 0 unspecified atom stereocenters. The summed E-state index contributed by atoms with van der Waals surface area (Å²) in [7, 11) is 0. The molecule has 0 fully saturated rings. The van der Waals surface area contributed by atoms with Gasteiger partial charge in [-0.25, -0.2) is 9.97 Å². The number of carbonyl (C=O) groups is 1.